The quantitative estimate of drug-likeness (QED) is 0.735. The maximum Gasteiger partial charge on any atom is 0.0278 e. The third-order valence-electron chi connectivity index (χ3n) is 4.06. The molecule has 2 nitrogen and oxygen atoms in total. The van der Waals surface area contributed by atoms with Crippen molar-refractivity contribution >= 4 is 0 Å². The Morgan fingerprint density at radius 3 is 2.69 bits per heavy atom. The van der Waals surface area contributed by atoms with Crippen molar-refractivity contribution in [3.8, 4) is 0 Å². The molecule has 0 bridgehead atoms. The average Bonchev–Trinajstić information content (AvgIpc) is 2.38. The Morgan fingerprint density at radius 2 is 2.06 bits per heavy atom. The second kappa shape index (κ2) is 6.41. The molecular formula is C14H26N2. The molecule has 0 radical (unpaired) electrons. The molecule has 1 N–H and O–H groups in total. The van der Waals surface area contributed by atoms with Gasteiger partial charge in [0.25, 0.3) is 0 Å². The van der Waals surface area contributed by atoms with Crippen LogP contribution in [0.2, 0.25) is 0 Å². The van der Waals surface area contributed by atoms with Gasteiger partial charge in [-0.05, 0) is 57.7 Å². The number of hydrogen-bond donors (Lipinski definition) is 1. The fourth-order valence-electron chi connectivity index (χ4n) is 2.99. The lowest BCUT2D eigenvalue weighted by atomic mass is 9.95. The van der Waals surface area contributed by atoms with E-state index in [1.807, 2.05) is 0 Å². The number of nitrogens with zero attached hydrogens (tertiary/aromatic N) is 1. The van der Waals surface area contributed by atoms with Gasteiger partial charge in [0.1, 0.15) is 0 Å². The Morgan fingerprint density at radius 1 is 1.25 bits per heavy atom. The molecule has 1 fully saturated rings. The Bertz CT molecular complexity index is 219. The number of allylic oxidation sites excluding steroid dienone is 1. The summed E-state index contributed by atoms with van der Waals surface area (Å²) in [5.74, 6) is 0.927. The third kappa shape index (κ3) is 3.33. The lowest BCUT2D eigenvalue weighted by Gasteiger charge is -2.34. The van der Waals surface area contributed by atoms with E-state index in [0.29, 0.717) is 0 Å². The predicted octanol–water partition coefficient (Wildman–Crippen LogP) is 2.42. The molecular weight excluding hydrogens is 196 g/mol. The van der Waals surface area contributed by atoms with E-state index < -0.39 is 0 Å². The highest BCUT2D eigenvalue weighted by Crippen LogP contribution is 2.20. The molecule has 1 aliphatic heterocycles. The molecule has 0 aromatic carbocycles. The normalized spacial score (nSPS) is 27.5. The first-order chi connectivity index (χ1) is 7.90. The van der Waals surface area contributed by atoms with Gasteiger partial charge in [0.05, 0.1) is 0 Å². The van der Waals surface area contributed by atoms with E-state index in [2.05, 4.69) is 29.3 Å². The van der Waals surface area contributed by atoms with Crippen LogP contribution in [0, 0.1) is 5.92 Å². The maximum atomic E-state index is 3.45. The van der Waals surface area contributed by atoms with Gasteiger partial charge in [0.2, 0.25) is 0 Å². The second-order valence-electron chi connectivity index (χ2n) is 5.21. The van der Waals surface area contributed by atoms with E-state index >= 15 is 0 Å². The van der Waals surface area contributed by atoms with Crippen molar-refractivity contribution < 1.29 is 0 Å². The Kier molecular flexibility index (Phi) is 4.86. The molecule has 2 rings (SSSR count). The van der Waals surface area contributed by atoms with E-state index in [-0.39, 0.29) is 0 Å². The first-order valence-corrected chi connectivity index (χ1v) is 7.01. The largest absolute Gasteiger partial charge is 0.317 e. The topological polar surface area (TPSA) is 15.3 Å². The van der Waals surface area contributed by atoms with E-state index in [0.717, 1.165) is 12.0 Å². The van der Waals surface area contributed by atoms with Gasteiger partial charge in [-0.2, -0.15) is 0 Å². The van der Waals surface area contributed by atoms with Crippen LogP contribution in [0.15, 0.2) is 12.2 Å². The van der Waals surface area contributed by atoms with E-state index in [1.165, 1.54) is 58.3 Å². The summed E-state index contributed by atoms with van der Waals surface area (Å²) in [4.78, 5) is 2.69. The summed E-state index contributed by atoms with van der Waals surface area (Å²) in [5, 5.41) is 3.45. The van der Waals surface area contributed by atoms with Gasteiger partial charge in [-0.25, -0.2) is 0 Å². The minimum absolute atomic E-state index is 0.730. The molecule has 0 aromatic rings. The summed E-state index contributed by atoms with van der Waals surface area (Å²) in [6.07, 6.45) is 11.6. The van der Waals surface area contributed by atoms with Gasteiger partial charge in [-0.1, -0.05) is 19.1 Å². The minimum Gasteiger partial charge on any atom is -0.317 e. The Balaban J connectivity index is 1.83. The number of rotatable bonds is 4. The highest BCUT2D eigenvalue weighted by molar-refractivity contribution is 4.98. The smallest absolute Gasteiger partial charge is 0.0278 e. The van der Waals surface area contributed by atoms with Crippen LogP contribution in [0.5, 0.6) is 0 Å². The van der Waals surface area contributed by atoms with E-state index in [1.54, 1.807) is 0 Å². The monoisotopic (exact) mass is 222 g/mol. The van der Waals surface area contributed by atoms with Gasteiger partial charge in [0, 0.05) is 12.6 Å². The zero-order valence-corrected chi connectivity index (χ0v) is 10.6. The zero-order valence-electron chi connectivity index (χ0n) is 10.6. The first-order valence-electron chi connectivity index (χ1n) is 7.01. The number of piperidine rings is 1. The Hall–Kier alpha value is -0.340. The van der Waals surface area contributed by atoms with Crippen LogP contribution in [-0.4, -0.2) is 37.1 Å². The summed E-state index contributed by atoms with van der Waals surface area (Å²) in [6.45, 7) is 7.28. The van der Waals surface area contributed by atoms with Gasteiger partial charge < -0.3 is 5.32 Å². The first kappa shape index (κ1) is 12.1. The molecule has 1 saturated heterocycles. The van der Waals surface area contributed by atoms with Crippen LogP contribution in [0.1, 0.15) is 39.0 Å². The van der Waals surface area contributed by atoms with Crippen molar-refractivity contribution in [2.45, 2.75) is 45.1 Å². The minimum atomic E-state index is 0.730. The Labute approximate surface area is 100 Å². The van der Waals surface area contributed by atoms with Crippen LogP contribution >= 0.6 is 0 Å². The van der Waals surface area contributed by atoms with Gasteiger partial charge in [-0.3, -0.25) is 4.90 Å². The van der Waals surface area contributed by atoms with Gasteiger partial charge >= 0.3 is 0 Å². The molecule has 0 amide bonds. The summed E-state index contributed by atoms with van der Waals surface area (Å²) in [6, 6.07) is 0.730. The molecule has 2 aliphatic rings. The average molecular weight is 222 g/mol. The standard InChI is InChI=1S/C14H26N2/c1-2-16(14-6-4-3-5-7-14)12-13-8-10-15-11-9-13/h4,6,13-15H,2-3,5,7-12H2,1H3. The molecule has 92 valence electrons. The van der Waals surface area contributed by atoms with Crippen molar-refractivity contribution in [2.75, 3.05) is 26.2 Å². The van der Waals surface area contributed by atoms with Crippen molar-refractivity contribution in [3.63, 3.8) is 0 Å². The molecule has 2 heteroatoms. The third-order valence-corrected chi connectivity index (χ3v) is 4.06. The van der Waals surface area contributed by atoms with Crippen molar-refractivity contribution in [3.05, 3.63) is 12.2 Å². The SMILES string of the molecule is CCN(CC1CCNCC1)C1C=CCCC1. The van der Waals surface area contributed by atoms with Crippen LogP contribution in [0.4, 0.5) is 0 Å². The molecule has 1 aliphatic carbocycles. The summed E-state index contributed by atoms with van der Waals surface area (Å²) >= 11 is 0. The molecule has 1 unspecified atom stereocenters. The van der Waals surface area contributed by atoms with Crippen LogP contribution in [-0.2, 0) is 0 Å². The highest BCUT2D eigenvalue weighted by atomic mass is 15.1. The fraction of sp³-hybridized carbons (Fsp3) is 0.857. The molecule has 0 saturated carbocycles. The fourth-order valence-corrected chi connectivity index (χ4v) is 2.99. The molecule has 1 heterocycles. The predicted molar refractivity (Wildman–Crippen MR) is 69.6 cm³/mol. The molecule has 1 atom stereocenters. The molecule has 16 heavy (non-hydrogen) atoms. The van der Waals surface area contributed by atoms with Crippen molar-refractivity contribution in [1.29, 1.82) is 0 Å². The molecule has 0 spiro atoms. The summed E-state index contributed by atoms with van der Waals surface area (Å²) in [7, 11) is 0. The van der Waals surface area contributed by atoms with E-state index in [4.69, 9.17) is 0 Å². The van der Waals surface area contributed by atoms with Crippen molar-refractivity contribution in [2.24, 2.45) is 5.92 Å². The highest BCUT2D eigenvalue weighted by Gasteiger charge is 2.21. The molecule has 0 aromatic heterocycles. The maximum absolute atomic E-state index is 3.45. The van der Waals surface area contributed by atoms with Crippen LogP contribution < -0.4 is 5.32 Å². The number of nitrogens with one attached hydrogen (secondary N) is 1. The second-order valence-corrected chi connectivity index (χ2v) is 5.21. The lowest BCUT2D eigenvalue weighted by molar-refractivity contribution is 0.172. The summed E-state index contributed by atoms with van der Waals surface area (Å²) in [5.41, 5.74) is 0. The zero-order chi connectivity index (χ0) is 11.2. The van der Waals surface area contributed by atoms with Crippen molar-refractivity contribution in [1.82, 2.24) is 10.2 Å². The van der Waals surface area contributed by atoms with Gasteiger partial charge in [0.15, 0.2) is 0 Å². The van der Waals surface area contributed by atoms with Crippen LogP contribution in [0.3, 0.4) is 0 Å². The number of likely N-dealkylation sites (N-methyl/N-ethyl adjacent to an activating group) is 1. The van der Waals surface area contributed by atoms with Gasteiger partial charge in [-0.15, -0.1) is 0 Å². The van der Waals surface area contributed by atoms with Crippen LogP contribution in [0.25, 0.3) is 0 Å². The number of hydrogen-bond acceptors (Lipinski definition) is 2. The lowest BCUT2D eigenvalue weighted by Crippen LogP contribution is -2.41. The van der Waals surface area contributed by atoms with E-state index in [9.17, 15) is 0 Å². The summed E-state index contributed by atoms with van der Waals surface area (Å²) < 4.78 is 0.